The lowest BCUT2D eigenvalue weighted by Gasteiger charge is -2.27. The van der Waals surface area contributed by atoms with Gasteiger partial charge in [-0.2, -0.15) is 18.2 Å². The van der Waals surface area contributed by atoms with E-state index in [-0.39, 0.29) is 24.3 Å². The molecule has 41 heavy (non-hydrogen) atoms. The summed E-state index contributed by atoms with van der Waals surface area (Å²) < 4.78 is 52.3. The molecule has 0 radical (unpaired) electrons. The normalized spacial score (nSPS) is 16.1. The van der Waals surface area contributed by atoms with Crippen LogP contribution in [0.4, 0.5) is 36.3 Å². The maximum absolute atomic E-state index is 13.9. The summed E-state index contributed by atoms with van der Waals surface area (Å²) in [6.45, 7) is 5.40. The minimum absolute atomic E-state index is 0.0111. The number of anilines is 4. The maximum Gasteiger partial charge on any atom is 0.421 e. The van der Waals surface area contributed by atoms with E-state index in [1.165, 1.54) is 7.11 Å². The fraction of sp³-hybridized carbons (Fsp3) is 0.357. The van der Waals surface area contributed by atoms with Crippen LogP contribution >= 0.6 is 0 Å². The van der Waals surface area contributed by atoms with Gasteiger partial charge in [0.05, 0.1) is 31.4 Å². The Hall–Kier alpha value is -4.39. The number of morpholine rings is 1. The van der Waals surface area contributed by atoms with Crippen molar-refractivity contribution >= 4 is 35.0 Å². The van der Waals surface area contributed by atoms with E-state index in [2.05, 4.69) is 25.9 Å². The van der Waals surface area contributed by atoms with Crippen molar-refractivity contribution in [1.82, 2.24) is 14.9 Å². The van der Waals surface area contributed by atoms with E-state index < -0.39 is 23.0 Å². The van der Waals surface area contributed by atoms with E-state index in [1.807, 2.05) is 0 Å². The highest BCUT2D eigenvalue weighted by Gasteiger charge is 2.40. The van der Waals surface area contributed by atoms with Gasteiger partial charge in [0.25, 0.3) is 5.91 Å². The van der Waals surface area contributed by atoms with Crippen molar-refractivity contribution in [2.75, 3.05) is 49.4 Å². The molecule has 2 amide bonds. The van der Waals surface area contributed by atoms with Gasteiger partial charge >= 0.3 is 6.18 Å². The Morgan fingerprint density at radius 1 is 1.20 bits per heavy atom. The van der Waals surface area contributed by atoms with E-state index in [9.17, 15) is 22.8 Å². The van der Waals surface area contributed by atoms with Gasteiger partial charge in [0, 0.05) is 37.1 Å². The molecule has 5 rings (SSSR count). The Morgan fingerprint density at radius 2 is 1.95 bits per heavy atom. The van der Waals surface area contributed by atoms with Crippen LogP contribution in [0.15, 0.2) is 42.6 Å². The Morgan fingerprint density at radius 3 is 2.66 bits per heavy atom. The first-order chi connectivity index (χ1) is 19.5. The molecule has 2 aromatic carbocycles. The zero-order valence-electron chi connectivity index (χ0n) is 22.7. The van der Waals surface area contributed by atoms with Crippen molar-refractivity contribution in [3.8, 4) is 5.75 Å². The number of ether oxygens (including phenoxy) is 2. The lowest BCUT2D eigenvalue weighted by Crippen LogP contribution is -2.40. The molecular weight excluding hydrogens is 541 g/mol. The zero-order valence-corrected chi connectivity index (χ0v) is 22.7. The predicted octanol–water partition coefficient (Wildman–Crippen LogP) is 4.56. The first-order valence-corrected chi connectivity index (χ1v) is 12.9. The number of hydrogen-bond acceptors (Lipinski definition) is 8. The van der Waals surface area contributed by atoms with Gasteiger partial charge in [0.15, 0.2) is 0 Å². The van der Waals surface area contributed by atoms with Gasteiger partial charge in [0.1, 0.15) is 17.1 Å². The second-order valence-corrected chi connectivity index (χ2v) is 10.2. The van der Waals surface area contributed by atoms with Gasteiger partial charge in [-0.1, -0.05) is 12.1 Å². The number of benzene rings is 2. The third kappa shape index (κ3) is 5.62. The Labute approximate surface area is 234 Å². The van der Waals surface area contributed by atoms with E-state index >= 15 is 0 Å². The average molecular weight is 571 g/mol. The number of rotatable bonds is 7. The molecule has 3 heterocycles. The van der Waals surface area contributed by atoms with E-state index in [0.717, 1.165) is 5.56 Å². The van der Waals surface area contributed by atoms with Crippen LogP contribution in [0.3, 0.4) is 0 Å². The Kier molecular flexibility index (Phi) is 7.47. The number of methoxy groups -OCH3 is 1. The summed E-state index contributed by atoms with van der Waals surface area (Å²) >= 11 is 0. The van der Waals surface area contributed by atoms with Crippen LogP contribution in [0.25, 0.3) is 0 Å². The highest BCUT2D eigenvalue weighted by molar-refractivity contribution is 6.06. The van der Waals surface area contributed by atoms with Crippen molar-refractivity contribution in [3.05, 3.63) is 64.8 Å². The van der Waals surface area contributed by atoms with Crippen molar-refractivity contribution in [1.29, 1.82) is 0 Å². The maximum atomic E-state index is 13.9. The van der Waals surface area contributed by atoms with E-state index in [0.29, 0.717) is 60.8 Å². The minimum Gasteiger partial charge on any atom is -0.495 e. The van der Waals surface area contributed by atoms with Gasteiger partial charge in [-0.05, 0) is 49.2 Å². The molecule has 0 atom stereocenters. The molecule has 0 spiro atoms. The molecule has 0 saturated carbocycles. The second-order valence-electron chi connectivity index (χ2n) is 10.2. The summed E-state index contributed by atoms with van der Waals surface area (Å²) in [4.78, 5) is 35.0. The number of aromatic nitrogens is 2. The topological polar surface area (TPSA) is 118 Å². The molecule has 3 N–H and O–H groups in total. The predicted molar refractivity (Wildman–Crippen MR) is 145 cm³/mol. The summed E-state index contributed by atoms with van der Waals surface area (Å²) in [5.41, 5.74) is 0.889. The van der Waals surface area contributed by atoms with Crippen molar-refractivity contribution in [2.24, 2.45) is 0 Å². The highest BCUT2D eigenvalue weighted by atomic mass is 19.4. The number of hydrogen-bond donors (Lipinski definition) is 3. The Balaban J connectivity index is 1.40. The third-order valence-corrected chi connectivity index (χ3v) is 7.13. The van der Waals surface area contributed by atoms with Crippen LogP contribution in [0.5, 0.6) is 5.75 Å². The number of amides is 2. The van der Waals surface area contributed by atoms with E-state index in [4.69, 9.17) is 9.47 Å². The summed E-state index contributed by atoms with van der Waals surface area (Å²) in [6.07, 6.45) is -4.01. The molecular formula is C28H29F3N6O4. The van der Waals surface area contributed by atoms with Crippen molar-refractivity contribution in [2.45, 2.75) is 32.0 Å². The average Bonchev–Trinajstić information content (AvgIpc) is 3.19. The molecule has 216 valence electrons. The van der Waals surface area contributed by atoms with Gasteiger partial charge in [-0.25, -0.2) is 4.98 Å². The molecule has 1 aromatic heterocycles. The summed E-state index contributed by atoms with van der Waals surface area (Å²) in [5.74, 6) is -0.609. The molecule has 13 heteroatoms. The van der Waals surface area contributed by atoms with Gasteiger partial charge in [-0.15, -0.1) is 0 Å². The standard InChI is InChI=1S/C28H29F3N6O4/c1-27(2)22-17(5-4-6-20(22)34-25(27)39)14-32-23-18(28(29,30)31)15-33-26(36-23)35-19-8-7-16(13-21(19)40-3)24(38)37-9-11-41-12-10-37/h4-8,13,15H,9-12,14H2,1-3H3,(H,34,39)(H2,32,33,35,36). The van der Waals surface area contributed by atoms with Crippen LogP contribution in [0.1, 0.15) is 40.9 Å². The first kappa shape index (κ1) is 28.1. The summed E-state index contributed by atoms with van der Waals surface area (Å²) in [5, 5.41) is 8.50. The molecule has 3 aromatic rings. The molecule has 2 aliphatic rings. The van der Waals surface area contributed by atoms with Gasteiger partial charge < -0.3 is 30.3 Å². The monoisotopic (exact) mass is 570 g/mol. The van der Waals surface area contributed by atoms with Crippen molar-refractivity contribution in [3.63, 3.8) is 0 Å². The SMILES string of the molecule is COc1cc(C(=O)N2CCOCC2)ccc1Nc1ncc(C(F)(F)F)c(NCc2cccc3c2C(C)(C)C(=O)N3)n1. The number of carbonyl (C=O) groups excluding carboxylic acids is 2. The fourth-order valence-electron chi connectivity index (χ4n) is 4.94. The lowest BCUT2D eigenvalue weighted by atomic mass is 9.83. The largest absolute Gasteiger partial charge is 0.495 e. The highest BCUT2D eigenvalue weighted by Crippen LogP contribution is 2.40. The number of halogens is 3. The second kappa shape index (κ2) is 10.9. The molecule has 1 saturated heterocycles. The third-order valence-electron chi connectivity index (χ3n) is 7.13. The number of nitrogens with one attached hydrogen (secondary N) is 3. The minimum atomic E-state index is -4.71. The number of carbonyl (C=O) groups is 2. The number of fused-ring (bicyclic) bond motifs is 1. The summed E-state index contributed by atoms with van der Waals surface area (Å²) in [6, 6.07) is 9.98. The molecule has 0 unspecified atom stereocenters. The molecule has 0 bridgehead atoms. The summed E-state index contributed by atoms with van der Waals surface area (Å²) in [7, 11) is 1.42. The van der Waals surface area contributed by atoms with Crippen molar-refractivity contribution < 1.29 is 32.2 Å². The molecule has 0 aliphatic carbocycles. The van der Waals surface area contributed by atoms with Crippen LogP contribution in [0.2, 0.25) is 0 Å². The van der Waals surface area contributed by atoms with Gasteiger partial charge in [0.2, 0.25) is 11.9 Å². The molecule has 2 aliphatic heterocycles. The van der Waals surface area contributed by atoms with Crippen LogP contribution in [-0.4, -0.2) is 60.1 Å². The lowest BCUT2D eigenvalue weighted by molar-refractivity contribution is -0.137. The number of alkyl halides is 3. The first-order valence-electron chi connectivity index (χ1n) is 12.9. The van der Waals surface area contributed by atoms with E-state index in [1.54, 1.807) is 55.1 Å². The quantitative estimate of drug-likeness (QED) is 0.379. The van der Waals surface area contributed by atoms with Gasteiger partial charge in [-0.3, -0.25) is 9.59 Å². The van der Waals surface area contributed by atoms with Crippen LogP contribution in [-0.2, 0) is 27.7 Å². The Bertz CT molecular complexity index is 1490. The van der Waals surface area contributed by atoms with Crippen LogP contribution in [0, 0.1) is 0 Å². The van der Waals surface area contributed by atoms with Crippen LogP contribution < -0.4 is 20.7 Å². The molecule has 1 fully saturated rings. The zero-order chi connectivity index (χ0) is 29.4. The smallest absolute Gasteiger partial charge is 0.421 e. The molecule has 10 nitrogen and oxygen atoms in total. The number of nitrogens with zero attached hydrogens (tertiary/aromatic N) is 3. The fourth-order valence-corrected chi connectivity index (χ4v) is 4.94.